The first-order valence-electron chi connectivity index (χ1n) is 1.52. The molecule has 34 valence electrons. The van der Waals surface area contributed by atoms with Crippen LogP contribution in [0, 0.1) is 0 Å². The molecule has 0 radical (unpaired) electrons. The first-order chi connectivity index (χ1) is 2.77. The molecule has 0 aliphatic carbocycles. The number of hydrazone groups is 1. The van der Waals surface area contributed by atoms with Gasteiger partial charge in [0.05, 0.1) is 5.16 Å². The maximum atomic E-state index is 4.27. The highest BCUT2D eigenvalue weighted by molar-refractivity contribution is 7.78. The van der Waals surface area contributed by atoms with Gasteiger partial charge >= 0.3 is 0 Å². The molecule has 2 nitrogen and oxygen atoms in total. The van der Waals surface area contributed by atoms with E-state index in [1.54, 1.807) is 19.1 Å². The Hall–Kier alpha value is -0.400. The van der Waals surface area contributed by atoms with Crippen LogP contribution < -0.4 is 0 Å². The lowest BCUT2D eigenvalue weighted by atomic mass is 11.2. The van der Waals surface area contributed by atoms with E-state index in [1.165, 1.54) is 0 Å². The van der Waals surface area contributed by atoms with Crippen LogP contribution in [0.2, 0.25) is 0 Å². The molecule has 0 saturated heterocycles. The Morgan fingerprint density at radius 3 is 2.17 bits per heavy atom. The summed E-state index contributed by atoms with van der Waals surface area (Å²) in [6.45, 7) is 0. The average Bonchev–Trinajstić information content (AvgIpc) is 1.35. The maximum absolute atomic E-state index is 4.27. The average molecular weight is 102 g/mol. The van der Waals surface area contributed by atoms with E-state index in [1.807, 2.05) is 0 Å². The minimum Gasteiger partial charge on any atom is -0.294 e. The lowest BCUT2D eigenvalue weighted by Gasteiger charge is -1.95. The van der Waals surface area contributed by atoms with Gasteiger partial charge in [0.15, 0.2) is 0 Å². The number of hydrogen-bond acceptors (Lipinski definition) is 3. The minimum absolute atomic E-state index is 1.59. The molecule has 0 aliphatic rings. The zero-order valence-electron chi connectivity index (χ0n) is 3.80. The summed E-state index contributed by atoms with van der Waals surface area (Å²) in [5.74, 6) is 0. The van der Waals surface area contributed by atoms with Crippen molar-refractivity contribution in [3.8, 4) is 0 Å². The van der Waals surface area contributed by atoms with Crippen molar-refractivity contribution in [1.82, 2.24) is 5.01 Å². The van der Waals surface area contributed by atoms with Crippen molar-refractivity contribution in [1.29, 1.82) is 0 Å². The third-order valence-electron chi connectivity index (χ3n) is 0.241. The summed E-state index contributed by atoms with van der Waals surface area (Å²) in [6.07, 6.45) is 0. The van der Waals surface area contributed by atoms with Gasteiger partial charge in [0.1, 0.15) is 0 Å². The summed E-state index contributed by atoms with van der Waals surface area (Å²) in [4.78, 5) is 0. The zero-order chi connectivity index (χ0) is 4.99. The predicted octanol–water partition coefficient (Wildman–Crippen LogP) is 0.566. The van der Waals surface area contributed by atoms with Gasteiger partial charge in [-0.3, -0.25) is 5.01 Å². The Morgan fingerprint density at radius 2 is 2.17 bits per heavy atom. The predicted molar refractivity (Wildman–Crippen MR) is 28.7 cm³/mol. The second kappa shape index (κ2) is 2.82. The third-order valence-corrected chi connectivity index (χ3v) is 0.322. The topological polar surface area (TPSA) is 15.6 Å². The molecule has 0 unspecified atom stereocenters. The van der Waals surface area contributed by atoms with Gasteiger partial charge in [-0.1, -0.05) is 0 Å². The Balaban J connectivity index is 3.29. The van der Waals surface area contributed by atoms with Crippen LogP contribution in [-0.2, 0) is 0 Å². The number of isothiocyanates is 1. The lowest BCUT2D eigenvalue weighted by Crippen LogP contribution is -1.98. The summed E-state index contributed by atoms with van der Waals surface area (Å²) >= 11 is 4.27. The first-order valence-corrected chi connectivity index (χ1v) is 1.93. The third kappa shape index (κ3) is 3.60. The molecule has 0 amide bonds. The number of hydrogen-bond donors (Lipinski definition) is 0. The first kappa shape index (κ1) is 5.60. The fourth-order valence-electron chi connectivity index (χ4n) is 0.0816. The molecule has 0 aromatic heterocycles. The van der Waals surface area contributed by atoms with Crippen LogP contribution >= 0.6 is 12.2 Å². The van der Waals surface area contributed by atoms with E-state index in [0.29, 0.717) is 0 Å². The Labute approximate surface area is 42.5 Å². The fraction of sp³-hybridized carbons (Fsp3) is 0.667. The van der Waals surface area contributed by atoms with Crippen LogP contribution in [0.1, 0.15) is 0 Å². The molecule has 0 N–H and O–H groups in total. The van der Waals surface area contributed by atoms with Crippen molar-refractivity contribution in [2.45, 2.75) is 0 Å². The molecule has 0 heterocycles. The Morgan fingerprint density at radius 1 is 1.67 bits per heavy atom. The molecule has 0 aromatic rings. The van der Waals surface area contributed by atoms with E-state index >= 15 is 0 Å². The van der Waals surface area contributed by atoms with E-state index in [-0.39, 0.29) is 0 Å². The van der Waals surface area contributed by atoms with Gasteiger partial charge in [-0.15, -0.1) is 5.10 Å². The van der Waals surface area contributed by atoms with E-state index in [0.717, 1.165) is 0 Å². The Bertz CT molecular complexity index is 72.9. The SMILES string of the molecule is CN(C)N=C=S. The molecular formula is C3H6N2S. The molecule has 0 spiro atoms. The molecule has 3 heteroatoms. The zero-order valence-corrected chi connectivity index (χ0v) is 4.62. The van der Waals surface area contributed by atoms with Crippen molar-refractivity contribution in [3.63, 3.8) is 0 Å². The van der Waals surface area contributed by atoms with Crippen LogP contribution in [0.5, 0.6) is 0 Å². The van der Waals surface area contributed by atoms with Crippen LogP contribution in [0.15, 0.2) is 5.10 Å². The van der Waals surface area contributed by atoms with Gasteiger partial charge in [0.2, 0.25) is 0 Å². The van der Waals surface area contributed by atoms with Crippen LogP contribution in [-0.4, -0.2) is 24.3 Å². The smallest absolute Gasteiger partial charge is 0.0846 e. The van der Waals surface area contributed by atoms with E-state index < -0.39 is 0 Å². The number of thiocarbonyl (C=S) groups is 1. The Kier molecular flexibility index (Phi) is 2.63. The van der Waals surface area contributed by atoms with Gasteiger partial charge in [-0.05, 0) is 12.2 Å². The molecular weight excluding hydrogens is 96.1 g/mol. The molecule has 6 heavy (non-hydrogen) atoms. The van der Waals surface area contributed by atoms with Gasteiger partial charge in [-0.25, -0.2) is 0 Å². The highest BCUT2D eigenvalue weighted by Gasteiger charge is 1.66. The largest absolute Gasteiger partial charge is 0.294 e. The quantitative estimate of drug-likeness (QED) is 0.273. The summed E-state index contributed by atoms with van der Waals surface area (Å²) in [7, 11) is 3.58. The maximum Gasteiger partial charge on any atom is 0.0846 e. The van der Waals surface area contributed by atoms with Gasteiger partial charge in [-0.2, -0.15) is 0 Å². The van der Waals surface area contributed by atoms with Crippen LogP contribution in [0.4, 0.5) is 0 Å². The minimum atomic E-state index is 1.59. The highest BCUT2D eigenvalue weighted by Crippen LogP contribution is 1.65. The normalized spacial score (nSPS) is 6.33. The number of nitrogens with zero attached hydrogens (tertiary/aromatic N) is 2. The molecule has 0 rings (SSSR count). The van der Waals surface area contributed by atoms with Crippen molar-refractivity contribution >= 4 is 17.4 Å². The lowest BCUT2D eigenvalue weighted by molar-refractivity contribution is 0.442. The van der Waals surface area contributed by atoms with Gasteiger partial charge in [0.25, 0.3) is 0 Å². The molecule has 0 atom stereocenters. The fourth-order valence-corrected chi connectivity index (χ4v) is 0.245. The molecule has 0 aliphatic heterocycles. The van der Waals surface area contributed by atoms with Crippen LogP contribution in [0.25, 0.3) is 0 Å². The second-order valence-corrected chi connectivity index (χ2v) is 1.22. The van der Waals surface area contributed by atoms with Crippen molar-refractivity contribution in [2.24, 2.45) is 5.10 Å². The number of rotatable bonds is 1. The molecule has 0 aromatic carbocycles. The van der Waals surface area contributed by atoms with E-state index in [4.69, 9.17) is 0 Å². The molecule has 0 fully saturated rings. The highest BCUT2D eigenvalue weighted by atomic mass is 32.1. The van der Waals surface area contributed by atoms with E-state index in [9.17, 15) is 0 Å². The monoisotopic (exact) mass is 102 g/mol. The standard InChI is InChI=1S/C3H6N2S/c1-5(2)4-3-6/h1-2H3. The van der Waals surface area contributed by atoms with Crippen molar-refractivity contribution in [3.05, 3.63) is 0 Å². The van der Waals surface area contributed by atoms with Gasteiger partial charge in [0, 0.05) is 14.1 Å². The van der Waals surface area contributed by atoms with Gasteiger partial charge < -0.3 is 0 Å². The van der Waals surface area contributed by atoms with E-state index in [2.05, 4.69) is 22.5 Å². The summed E-state index contributed by atoms with van der Waals surface area (Å²) in [6, 6.07) is 0. The second-order valence-electron chi connectivity index (χ2n) is 1.04. The molecule has 0 saturated carbocycles. The summed E-state index contributed by atoms with van der Waals surface area (Å²) < 4.78 is 0. The molecule has 0 bridgehead atoms. The van der Waals surface area contributed by atoms with Crippen molar-refractivity contribution in [2.75, 3.05) is 14.1 Å². The van der Waals surface area contributed by atoms with Crippen molar-refractivity contribution < 1.29 is 0 Å². The summed E-state index contributed by atoms with van der Waals surface area (Å²) in [5, 5.41) is 7.31. The van der Waals surface area contributed by atoms with Crippen LogP contribution in [0.3, 0.4) is 0 Å². The summed E-state index contributed by atoms with van der Waals surface area (Å²) in [5.41, 5.74) is 0.